The van der Waals surface area contributed by atoms with Crippen LogP contribution in [0.3, 0.4) is 0 Å². The van der Waals surface area contributed by atoms with Crippen LogP contribution in [-0.2, 0) is 19.1 Å². The van der Waals surface area contributed by atoms with Gasteiger partial charge in [-0.25, -0.2) is 0 Å². The van der Waals surface area contributed by atoms with E-state index >= 15 is 0 Å². The van der Waals surface area contributed by atoms with Gasteiger partial charge in [-0.2, -0.15) is 0 Å². The van der Waals surface area contributed by atoms with Crippen LogP contribution in [-0.4, -0.2) is 34.9 Å². The minimum Gasteiger partial charge on any atom is -0.458 e. The van der Waals surface area contributed by atoms with Gasteiger partial charge in [0.05, 0.1) is 5.60 Å². The quantitative estimate of drug-likeness (QED) is 0.356. The largest absolute Gasteiger partial charge is 0.458 e. The van der Waals surface area contributed by atoms with Gasteiger partial charge in [0.1, 0.15) is 12.2 Å². The molecule has 29 heavy (non-hydrogen) atoms. The first-order valence-electron chi connectivity index (χ1n) is 10.0. The summed E-state index contributed by atoms with van der Waals surface area (Å²) in [5.41, 5.74) is 2.16. The van der Waals surface area contributed by atoms with Crippen molar-refractivity contribution in [2.45, 2.75) is 92.0 Å². The molecule has 0 aromatic heterocycles. The van der Waals surface area contributed by atoms with E-state index in [9.17, 15) is 14.7 Å². The van der Waals surface area contributed by atoms with E-state index in [-0.39, 0.29) is 12.4 Å². The van der Waals surface area contributed by atoms with Gasteiger partial charge in [0.2, 0.25) is 0 Å². The molecule has 0 fully saturated rings. The molecule has 0 aromatic rings. The van der Waals surface area contributed by atoms with Gasteiger partial charge in [-0.3, -0.25) is 9.59 Å². The smallest absolute Gasteiger partial charge is 0.303 e. The number of hydrogen-bond acceptors (Lipinski definition) is 5. The Hall–Kier alpha value is -2.14. The number of hydrogen-bond donors (Lipinski definition) is 1. The number of carbonyl (C=O) groups is 2. The number of allylic oxidation sites excluding steroid dienone is 3. The summed E-state index contributed by atoms with van der Waals surface area (Å²) in [5.74, 6) is -0.771. The summed E-state index contributed by atoms with van der Waals surface area (Å²) in [6.45, 7) is 16.0. The predicted molar refractivity (Wildman–Crippen MR) is 117 cm³/mol. The van der Waals surface area contributed by atoms with E-state index in [4.69, 9.17) is 9.47 Å². The van der Waals surface area contributed by atoms with E-state index in [0.717, 1.165) is 24.0 Å². The first-order chi connectivity index (χ1) is 13.3. The molecular formula is C24H38O5. The van der Waals surface area contributed by atoms with Gasteiger partial charge in [0.25, 0.3) is 0 Å². The van der Waals surface area contributed by atoms with Crippen LogP contribution in [0.25, 0.3) is 0 Å². The summed E-state index contributed by atoms with van der Waals surface area (Å²) in [5, 5.41) is 10.2. The van der Waals surface area contributed by atoms with Crippen molar-refractivity contribution in [1.82, 2.24) is 0 Å². The topological polar surface area (TPSA) is 72.8 Å². The number of rotatable bonds is 12. The number of ether oxygens (including phenoxy) is 2. The lowest BCUT2D eigenvalue weighted by Crippen LogP contribution is -2.29. The molecule has 3 atom stereocenters. The van der Waals surface area contributed by atoms with E-state index in [1.807, 2.05) is 19.9 Å². The maximum absolute atomic E-state index is 11.5. The highest BCUT2D eigenvalue weighted by Gasteiger charge is 2.23. The zero-order valence-electron chi connectivity index (χ0n) is 19.1. The molecule has 164 valence electrons. The molecule has 1 N–H and O–H groups in total. The van der Waals surface area contributed by atoms with Gasteiger partial charge in [-0.1, -0.05) is 28.9 Å². The molecule has 0 aromatic carbocycles. The fraction of sp³-hybridized carbons (Fsp3) is 0.583. The highest BCUT2D eigenvalue weighted by atomic mass is 16.5. The molecule has 0 rings (SSSR count). The normalized spacial score (nSPS) is 16.3. The van der Waals surface area contributed by atoms with Crippen molar-refractivity contribution in [2.24, 2.45) is 0 Å². The molecule has 5 nitrogen and oxygen atoms in total. The minimum absolute atomic E-state index is 0.198. The van der Waals surface area contributed by atoms with Crippen molar-refractivity contribution in [1.29, 1.82) is 0 Å². The van der Waals surface area contributed by atoms with E-state index in [1.165, 1.54) is 25.5 Å². The Balaban J connectivity index is 5.35. The lowest BCUT2D eigenvalue weighted by Gasteiger charge is -2.24. The van der Waals surface area contributed by atoms with Gasteiger partial charge >= 0.3 is 11.9 Å². The van der Waals surface area contributed by atoms with Crippen LogP contribution in [0, 0.1) is 0 Å². The summed E-state index contributed by atoms with van der Waals surface area (Å²) in [7, 11) is 0. The monoisotopic (exact) mass is 406 g/mol. The first-order valence-corrected chi connectivity index (χ1v) is 10.0. The van der Waals surface area contributed by atoms with Crippen LogP contribution in [0.4, 0.5) is 0 Å². The van der Waals surface area contributed by atoms with E-state index in [2.05, 4.69) is 26.5 Å². The summed E-state index contributed by atoms with van der Waals surface area (Å²) < 4.78 is 10.8. The second-order valence-corrected chi connectivity index (χ2v) is 8.11. The molecule has 0 aliphatic heterocycles. The lowest BCUT2D eigenvalue weighted by molar-refractivity contribution is -0.146. The molecule has 0 heterocycles. The fourth-order valence-electron chi connectivity index (χ4n) is 2.88. The fourth-order valence-corrected chi connectivity index (χ4v) is 2.88. The average molecular weight is 407 g/mol. The Bertz CT molecular complexity index is 648. The molecule has 0 unspecified atom stereocenters. The van der Waals surface area contributed by atoms with E-state index < -0.39 is 23.8 Å². The lowest BCUT2D eigenvalue weighted by atomic mass is 9.96. The molecule has 0 aliphatic carbocycles. The van der Waals surface area contributed by atoms with Crippen molar-refractivity contribution in [3.8, 4) is 0 Å². The predicted octanol–water partition coefficient (Wildman–Crippen LogP) is 5.21. The maximum atomic E-state index is 11.5. The molecule has 0 spiro atoms. The van der Waals surface area contributed by atoms with Gasteiger partial charge in [-0.15, -0.1) is 6.58 Å². The molecule has 0 radical (unpaired) electrons. The Morgan fingerprint density at radius 3 is 1.97 bits per heavy atom. The van der Waals surface area contributed by atoms with Crippen LogP contribution < -0.4 is 0 Å². The standard InChI is InChI=1S/C24H38O5/c1-9-24(8,27)16-23(29-21(7)26)15-19(5)14-22(28-20(6)25)13-18(4)12-10-11-17(2)3/h9,11,13,15,22-23,27H,1,10,12,14,16H2,2-8H3/b18-13+,19-15+/t22-,23+,24-/m0/s1. The Labute approximate surface area is 176 Å². The van der Waals surface area contributed by atoms with Crippen molar-refractivity contribution in [3.05, 3.63) is 47.6 Å². The molecule has 5 heteroatoms. The van der Waals surface area contributed by atoms with Crippen LogP contribution in [0.5, 0.6) is 0 Å². The highest BCUT2D eigenvalue weighted by Crippen LogP contribution is 2.21. The Morgan fingerprint density at radius 2 is 1.48 bits per heavy atom. The maximum Gasteiger partial charge on any atom is 0.303 e. The van der Waals surface area contributed by atoms with Crippen LogP contribution >= 0.6 is 0 Å². The van der Waals surface area contributed by atoms with Crippen molar-refractivity contribution in [2.75, 3.05) is 0 Å². The first kappa shape index (κ1) is 26.9. The molecule has 0 saturated heterocycles. The summed E-state index contributed by atoms with van der Waals surface area (Å²) >= 11 is 0. The Kier molecular flexibility index (Phi) is 12.2. The van der Waals surface area contributed by atoms with Gasteiger partial charge in [0.15, 0.2) is 0 Å². The Morgan fingerprint density at radius 1 is 0.966 bits per heavy atom. The number of esters is 2. The van der Waals surface area contributed by atoms with Crippen molar-refractivity contribution >= 4 is 11.9 Å². The summed E-state index contributed by atoms with van der Waals surface area (Å²) in [4.78, 5) is 22.9. The molecule has 0 bridgehead atoms. The summed E-state index contributed by atoms with van der Waals surface area (Å²) in [6, 6.07) is 0. The van der Waals surface area contributed by atoms with Crippen LogP contribution in [0.2, 0.25) is 0 Å². The third kappa shape index (κ3) is 14.5. The van der Waals surface area contributed by atoms with E-state index in [0.29, 0.717) is 6.42 Å². The van der Waals surface area contributed by atoms with Gasteiger partial charge in [-0.05, 0) is 59.6 Å². The zero-order chi connectivity index (χ0) is 22.6. The number of carbonyl (C=O) groups excluding carboxylic acids is 2. The third-order valence-corrected chi connectivity index (χ3v) is 4.24. The molecule has 0 aliphatic rings. The third-order valence-electron chi connectivity index (χ3n) is 4.24. The minimum atomic E-state index is -1.16. The summed E-state index contributed by atoms with van der Waals surface area (Å²) in [6.07, 6.45) is 8.89. The van der Waals surface area contributed by atoms with Crippen LogP contribution in [0.1, 0.15) is 74.1 Å². The van der Waals surface area contributed by atoms with Crippen LogP contribution in [0.15, 0.2) is 47.6 Å². The highest BCUT2D eigenvalue weighted by molar-refractivity contribution is 5.66. The molecule has 0 amide bonds. The second kappa shape index (κ2) is 13.2. The SMILES string of the molecule is C=C[C@](C)(O)C[C@@H](/C=C(\C)C[C@H](/C=C(\C)CCC=C(C)C)OC(C)=O)OC(C)=O. The van der Waals surface area contributed by atoms with E-state index in [1.54, 1.807) is 13.0 Å². The van der Waals surface area contributed by atoms with Crippen molar-refractivity contribution < 1.29 is 24.2 Å². The van der Waals surface area contributed by atoms with Gasteiger partial charge in [0, 0.05) is 26.7 Å². The molecule has 0 saturated carbocycles. The van der Waals surface area contributed by atoms with Gasteiger partial charge < -0.3 is 14.6 Å². The van der Waals surface area contributed by atoms with Crippen molar-refractivity contribution in [3.63, 3.8) is 0 Å². The molecular weight excluding hydrogens is 368 g/mol. The second-order valence-electron chi connectivity index (χ2n) is 8.11. The average Bonchev–Trinajstić information content (AvgIpc) is 2.52. The number of aliphatic hydroxyl groups is 1. The zero-order valence-corrected chi connectivity index (χ0v) is 19.1.